The van der Waals surface area contributed by atoms with Gasteiger partial charge in [0.2, 0.25) is 11.8 Å². The molecule has 0 aromatic carbocycles. The molecule has 0 radical (unpaired) electrons. The molecule has 4 rings (SSSR count). The van der Waals surface area contributed by atoms with Crippen LogP contribution in [0.5, 0.6) is 0 Å². The van der Waals surface area contributed by atoms with Crippen LogP contribution in [0.3, 0.4) is 0 Å². The summed E-state index contributed by atoms with van der Waals surface area (Å²) in [5, 5.41) is 0. The number of nitrogens with zero attached hydrogens (tertiary/aromatic N) is 3. The van der Waals surface area contributed by atoms with Crippen LogP contribution in [0.25, 0.3) is 0 Å². The molecule has 2 saturated heterocycles. The number of carbonyl (C=O) groups excluding carboxylic acids is 2. The van der Waals surface area contributed by atoms with Crippen molar-refractivity contribution in [3.05, 3.63) is 30.1 Å². The van der Waals surface area contributed by atoms with Gasteiger partial charge in [0, 0.05) is 44.5 Å². The Labute approximate surface area is 162 Å². The fourth-order valence-electron chi connectivity index (χ4n) is 5.11. The molecule has 2 amide bonds. The third kappa shape index (κ3) is 4.33. The summed E-state index contributed by atoms with van der Waals surface area (Å²) in [6, 6.07) is 4.52. The van der Waals surface area contributed by atoms with E-state index in [2.05, 4.69) is 16.0 Å². The van der Waals surface area contributed by atoms with E-state index < -0.39 is 0 Å². The molecule has 1 aromatic heterocycles. The molecule has 5 heteroatoms. The number of pyridine rings is 1. The van der Waals surface area contributed by atoms with E-state index in [1.807, 2.05) is 23.4 Å². The largest absolute Gasteiger partial charge is 0.342 e. The van der Waals surface area contributed by atoms with Crippen LogP contribution >= 0.6 is 0 Å². The lowest BCUT2D eigenvalue weighted by Gasteiger charge is -2.39. The van der Waals surface area contributed by atoms with Crippen molar-refractivity contribution < 1.29 is 9.59 Å². The van der Waals surface area contributed by atoms with Gasteiger partial charge in [-0.3, -0.25) is 14.6 Å². The molecule has 146 valence electrons. The van der Waals surface area contributed by atoms with Crippen LogP contribution in [-0.2, 0) is 16.0 Å². The maximum Gasteiger partial charge on any atom is 0.227 e. The maximum absolute atomic E-state index is 13.1. The number of hydrogen-bond donors (Lipinski definition) is 0. The van der Waals surface area contributed by atoms with Crippen LogP contribution in [0.2, 0.25) is 0 Å². The van der Waals surface area contributed by atoms with Gasteiger partial charge in [-0.25, -0.2) is 0 Å². The second-order valence-corrected chi connectivity index (χ2v) is 8.55. The molecule has 1 aliphatic carbocycles. The molecule has 0 N–H and O–H groups in total. The lowest BCUT2D eigenvalue weighted by Crippen LogP contribution is -2.51. The van der Waals surface area contributed by atoms with Crippen LogP contribution in [0.4, 0.5) is 0 Å². The minimum atomic E-state index is 0.0122. The van der Waals surface area contributed by atoms with E-state index in [0.29, 0.717) is 24.9 Å². The Balaban J connectivity index is 1.29. The zero-order valence-electron chi connectivity index (χ0n) is 16.2. The van der Waals surface area contributed by atoms with E-state index >= 15 is 0 Å². The topological polar surface area (TPSA) is 53.5 Å². The molecule has 5 nitrogen and oxygen atoms in total. The van der Waals surface area contributed by atoms with Crippen molar-refractivity contribution in [1.82, 2.24) is 14.8 Å². The number of likely N-dealkylation sites (tertiary alicyclic amines) is 2. The number of piperidine rings is 2. The third-order valence-corrected chi connectivity index (χ3v) is 6.73. The van der Waals surface area contributed by atoms with Crippen molar-refractivity contribution in [3.63, 3.8) is 0 Å². The van der Waals surface area contributed by atoms with Gasteiger partial charge in [0.05, 0.1) is 5.92 Å². The summed E-state index contributed by atoms with van der Waals surface area (Å²) in [5.41, 5.74) is 1.29. The fourth-order valence-corrected chi connectivity index (χ4v) is 5.11. The molecule has 1 aromatic rings. The van der Waals surface area contributed by atoms with Crippen molar-refractivity contribution in [2.45, 2.75) is 63.8 Å². The SMILES string of the molecule is O=C([C@H]1CCC(=O)N(C2CCCC2)C1)N1CCC(Cc2cccnc2)CC1. The second kappa shape index (κ2) is 8.41. The molecule has 3 aliphatic rings. The van der Waals surface area contributed by atoms with E-state index in [0.717, 1.165) is 51.6 Å². The predicted octanol–water partition coefficient (Wildman–Crippen LogP) is 3.04. The molecule has 0 unspecified atom stereocenters. The van der Waals surface area contributed by atoms with Gasteiger partial charge in [-0.1, -0.05) is 18.9 Å². The first-order chi connectivity index (χ1) is 13.2. The summed E-state index contributed by atoms with van der Waals surface area (Å²) in [7, 11) is 0. The van der Waals surface area contributed by atoms with E-state index in [9.17, 15) is 9.59 Å². The molecule has 2 aliphatic heterocycles. The average molecular weight is 370 g/mol. The highest BCUT2D eigenvalue weighted by Crippen LogP contribution is 2.30. The van der Waals surface area contributed by atoms with Crippen LogP contribution in [0.15, 0.2) is 24.5 Å². The number of carbonyl (C=O) groups is 2. The fraction of sp³-hybridized carbons (Fsp3) is 0.682. The zero-order chi connectivity index (χ0) is 18.6. The Morgan fingerprint density at radius 2 is 1.89 bits per heavy atom. The molecule has 3 heterocycles. The summed E-state index contributed by atoms with van der Waals surface area (Å²) >= 11 is 0. The van der Waals surface area contributed by atoms with Crippen LogP contribution in [-0.4, -0.2) is 52.3 Å². The molecule has 27 heavy (non-hydrogen) atoms. The summed E-state index contributed by atoms with van der Waals surface area (Å²) in [6.45, 7) is 2.37. The summed E-state index contributed by atoms with van der Waals surface area (Å²) < 4.78 is 0. The normalized spacial score (nSPS) is 25.2. The van der Waals surface area contributed by atoms with Gasteiger partial charge >= 0.3 is 0 Å². The van der Waals surface area contributed by atoms with E-state index in [4.69, 9.17) is 0 Å². The van der Waals surface area contributed by atoms with E-state index in [-0.39, 0.29) is 17.7 Å². The average Bonchev–Trinajstić information content (AvgIpc) is 3.24. The van der Waals surface area contributed by atoms with E-state index in [1.165, 1.54) is 18.4 Å². The standard InChI is InChI=1S/C22H31N3O2/c26-21-8-7-19(16-25(21)20-5-1-2-6-20)22(27)24-12-9-17(10-13-24)14-18-4-3-11-23-15-18/h3-4,11,15,17,19-20H,1-2,5-10,12-14,16H2/t19-/m0/s1. The number of rotatable bonds is 4. The first-order valence-corrected chi connectivity index (χ1v) is 10.7. The molecule has 0 bridgehead atoms. The van der Waals surface area contributed by atoms with Gasteiger partial charge in [-0.05, 0) is 56.1 Å². The highest BCUT2D eigenvalue weighted by Gasteiger charge is 2.37. The highest BCUT2D eigenvalue weighted by atomic mass is 16.2. The quantitative estimate of drug-likeness (QED) is 0.820. The minimum absolute atomic E-state index is 0.0122. The number of aromatic nitrogens is 1. The number of hydrogen-bond acceptors (Lipinski definition) is 3. The van der Waals surface area contributed by atoms with Crippen LogP contribution in [0.1, 0.15) is 56.9 Å². The second-order valence-electron chi connectivity index (χ2n) is 8.55. The van der Waals surface area contributed by atoms with Gasteiger partial charge in [-0.2, -0.15) is 0 Å². The molecule has 3 fully saturated rings. The smallest absolute Gasteiger partial charge is 0.227 e. The van der Waals surface area contributed by atoms with E-state index in [1.54, 1.807) is 0 Å². The van der Waals surface area contributed by atoms with Crippen molar-refractivity contribution in [3.8, 4) is 0 Å². The maximum atomic E-state index is 13.1. The van der Waals surface area contributed by atoms with Crippen molar-refractivity contribution in [2.75, 3.05) is 19.6 Å². The van der Waals surface area contributed by atoms with Crippen molar-refractivity contribution >= 4 is 11.8 Å². The van der Waals surface area contributed by atoms with Crippen molar-refractivity contribution in [2.24, 2.45) is 11.8 Å². The summed E-state index contributed by atoms with van der Waals surface area (Å²) in [4.78, 5) is 33.7. The van der Waals surface area contributed by atoms with Crippen LogP contribution < -0.4 is 0 Å². The third-order valence-electron chi connectivity index (χ3n) is 6.73. The molecular formula is C22H31N3O2. The molecular weight excluding hydrogens is 338 g/mol. The Morgan fingerprint density at radius 1 is 1.11 bits per heavy atom. The first kappa shape index (κ1) is 18.5. The zero-order valence-corrected chi connectivity index (χ0v) is 16.2. The predicted molar refractivity (Wildman–Crippen MR) is 104 cm³/mol. The summed E-state index contributed by atoms with van der Waals surface area (Å²) in [6.07, 6.45) is 12.9. The van der Waals surface area contributed by atoms with Crippen molar-refractivity contribution in [1.29, 1.82) is 0 Å². The molecule has 1 saturated carbocycles. The van der Waals surface area contributed by atoms with Gasteiger partial charge in [0.1, 0.15) is 0 Å². The Hall–Kier alpha value is -1.91. The first-order valence-electron chi connectivity index (χ1n) is 10.7. The Morgan fingerprint density at radius 3 is 2.59 bits per heavy atom. The molecule has 1 atom stereocenters. The Bertz CT molecular complexity index is 649. The van der Waals surface area contributed by atoms with Gasteiger partial charge < -0.3 is 9.80 Å². The highest BCUT2D eigenvalue weighted by molar-refractivity contribution is 5.84. The molecule has 0 spiro atoms. The number of amides is 2. The monoisotopic (exact) mass is 369 g/mol. The Kier molecular flexibility index (Phi) is 5.74. The minimum Gasteiger partial charge on any atom is -0.342 e. The van der Waals surface area contributed by atoms with Gasteiger partial charge in [-0.15, -0.1) is 0 Å². The van der Waals surface area contributed by atoms with Crippen LogP contribution in [0, 0.1) is 11.8 Å². The lowest BCUT2D eigenvalue weighted by molar-refractivity contribution is -0.145. The lowest BCUT2D eigenvalue weighted by atomic mass is 9.89. The summed E-state index contributed by atoms with van der Waals surface area (Å²) in [5.74, 6) is 1.20. The van der Waals surface area contributed by atoms with Gasteiger partial charge in [0.15, 0.2) is 0 Å². The van der Waals surface area contributed by atoms with Gasteiger partial charge in [0.25, 0.3) is 0 Å².